The fourth-order valence-corrected chi connectivity index (χ4v) is 5.13. The maximum absolute atomic E-state index is 14.1. The van der Waals surface area contributed by atoms with Crippen LogP contribution >= 0.6 is 0 Å². The van der Waals surface area contributed by atoms with Crippen LogP contribution in [0.1, 0.15) is 26.1 Å². The van der Waals surface area contributed by atoms with E-state index in [4.69, 9.17) is 20.4 Å². The monoisotopic (exact) mass is 500 g/mol. The normalized spacial score (nSPS) is 21.0. The SMILES string of the molecule is CC1CN(c2cc(-n3c(C(F)F)nc4ccccc43)nc(N3CCOCC3)n2)CC(C)N1C(=O)CN. The molecule has 2 aromatic heterocycles. The number of nitrogens with two attached hydrogens (primary N) is 1. The van der Waals surface area contributed by atoms with Crippen LogP contribution in [0.2, 0.25) is 0 Å². The first-order valence-corrected chi connectivity index (χ1v) is 12.1. The number of hydrogen-bond acceptors (Lipinski definition) is 8. The molecule has 5 rings (SSSR count). The second kappa shape index (κ2) is 9.94. The number of amides is 1. The zero-order valence-electron chi connectivity index (χ0n) is 20.3. The fourth-order valence-electron chi connectivity index (χ4n) is 5.13. The Kier molecular flexibility index (Phi) is 6.71. The molecular formula is C24H30F2N8O2. The minimum absolute atomic E-state index is 0.0440. The Labute approximate surface area is 207 Å². The third kappa shape index (κ3) is 4.46. The van der Waals surface area contributed by atoms with Crippen molar-refractivity contribution in [2.24, 2.45) is 5.73 Å². The van der Waals surface area contributed by atoms with E-state index in [0.717, 1.165) is 0 Å². The molecule has 36 heavy (non-hydrogen) atoms. The van der Waals surface area contributed by atoms with Gasteiger partial charge in [-0.2, -0.15) is 9.97 Å². The third-order valence-corrected chi connectivity index (χ3v) is 6.70. The fraction of sp³-hybridized carbons (Fsp3) is 0.500. The van der Waals surface area contributed by atoms with E-state index in [9.17, 15) is 13.6 Å². The average Bonchev–Trinajstić information content (AvgIpc) is 3.28. The van der Waals surface area contributed by atoms with Crippen molar-refractivity contribution in [2.45, 2.75) is 32.4 Å². The van der Waals surface area contributed by atoms with Crippen molar-refractivity contribution in [3.05, 3.63) is 36.2 Å². The lowest BCUT2D eigenvalue weighted by Gasteiger charge is -2.45. The van der Waals surface area contributed by atoms with Gasteiger partial charge in [-0.05, 0) is 26.0 Å². The molecule has 3 aromatic rings. The van der Waals surface area contributed by atoms with Gasteiger partial charge in [-0.25, -0.2) is 13.8 Å². The van der Waals surface area contributed by atoms with Crippen molar-refractivity contribution in [1.82, 2.24) is 24.4 Å². The van der Waals surface area contributed by atoms with Crippen molar-refractivity contribution in [3.63, 3.8) is 0 Å². The first-order valence-electron chi connectivity index (χ1n) is 12.1. The van der Waals surface area contributed by atoms with Gasteiger partial charge in [0.05, 0.1) is 30.8 Å². The Balaban J connectivity index is 1.61. The lowest BCUT2D eigenvalue weighted by Crippen LogP contribution is -2.60. The molecule has 0 saturated carbocycles. The number of para-hydroxylation sites is 2. The van der Waals surface area contributed by atoms with E-state index in [0.29, 0.717) is 68.0 Å². The first-order chi connectivity index (χ1) is 17.4. The summed E-state index contributed by atoms with van der Waals surface area (Å²) in [6.07, 6.45) is -2.78. The van der Waals surface area contributed by atoms with Crippen molar-refractivity contribution >= 4 is 28.7 Å². The van der Waals surface area contributed by atoms with Crippen molar-refractivity contribution in [1.29, 1.82) is 0 Å². The molecule has 1 amide bonds. The molecule has 0 aliphatic carbocycles. The lowest BCUT2D eigenvalue weighted by molar-refractivity contribution is -0.134. The van der Waals surface area contributed by atoms with Gasteiger partial charge in [-0.15, -0.1) is 0 Å². The zero-order valence-corrected chi connectivity index (χ0v) is 20.3. The van der Waals surface area contributed by atoms with Crippen LogP contribution in [-0.4, -0.2) is 88.3 Å². The molecule has 0 radical (unpaired) electrons. The summed E-state index contributed by atoms with van der Waals surface area (Å²) in [6, 6.07) is 8.55. The van der Waals surface area contributed by atoms with Gasteiger partial charge in [-0.3, -0.25) is 9.36 Å². The standard InChI is InChI=1S/C24H30F2N8O2/c1-15-13-32(14-16(2)33(15)21(35)12-27)19-11-20(30-24(29-19)31-7-9-36-10-8-31)34-18-6-4-3-5-17(18)28-23(34)22(25)26/h3-6,11,15-16,22H,7-10,12-14,27H2,1-2H3. The number of carbonyl (C=O) groups excluding carboxylic acids is 1. The molecule has 2 fully saturated rings. The summed E-state index contributed by atoms with van der Waals surface area (Å²) in [5, 5.41) is 0. The zero-order chi connectivity index (χ0) is 25.4. The Hall–Kier alpha value is -3.38. The molecule has 2 atom stereocenters. The third-order valence-electron chi connectivity index (χ3n) is 6.70. The highest BCUT2D eigenvalue weighted by molar-refractivity contribution is 5.79. The minimum atomic E-state index is -2.78. The predicted octanol–water partition coefficient (Wildman–Crippen LogP) is 1.97. The topological polar surface area (TPSA) is 106 Å². The molecule has 2 aliphatic rings. The Morgan fingerprint density at radius 1 is 1.06 bits per heavy atom. The van der Waals surface area contributed by atoms with E-state index in [-0.39, 0.29) is 30.4 Å². The average molecular weight is 501 g/mol. The molecule has 10 nitrogen and oxygen atoms in total. The molecule has 4 heterocycles. The van der Waals surface area contributed by atoms with Crippen LogP contribution in [0, 0.1) is 0 Å². The highest BCUT2D eigenvalue weighted by atomic mass is 19.3. The van der Waals surface area contributed by atoms with E-state index in [1.54, 1.807) is 35.2 Å². The van der Waals surface area contributed by atoms with Crippen molar-refractivity contribution in [2.75, 3.05) is 55.7 Å². The number of benzene rings is 1. The number of imidazole rings is 1. The van der Waals surface area contributed by atoms with Gasteiger partial charge in [0.25, 0.3) is 6.43 Å². The highest BCUT2D eigenvalue weighted by Gasteiger charge is 2.34. The Morgan fingerprint density at radius 2 is 1.72 bits per heavy atom. The van der Waals surface area contributed by atoms with E-state index < -0.39 is 6.43 Å². The maximum Gasteiger partial charge on any atom is 0.296 e. The molecule has 192 valence electrons. The van der Waals surface area contributed by atoms with Crippen molar-refractivity contribution < 1.29 is 18.3 Å². The number of nitrogens with zero attached hydrogens (tertiary/aromatic N) is 7. The van der Waals surface area contributed by atoms with Crippen LogP contribution in [0.25, 0.3) is 16.9 Å². The number of fused-ring (bicyclic) bond motifs is 1. The van der Waals surface area contributed by atoms with E-state index in [2.05, 4.69) is 9.88 Å². The van der Waals surface area contributed by atoms with Crippen LogP contribution in [0.3, 0.4) is 0 Å². The van der Waals surface area contributed by atoms with E-state index in [1.807, 2.05) is 18.7 Å². The summed E-state index contributed by atoms with van der Waals surface area (Å²) in [7, 11) is 0. The summed E-state index contributed by atoms with van der Waals surface area (Å²) in [5.41, 5.74) is 6.64. The molecule has 0 spiro atoms. The molecule has 2 N–H and O–H groups in total. The number of piperazine rings is 1. The number of anilines is 2. The van der Waals surface area contributed by atoms with Gasteiger partial charge in [0, 0.05) is 44.3 Å². The van der Waals surface area contributed by atoms with Crippen LogP contribution < -0.4 is 15.5 Å². The summed E-state index contributed by atoms with van der Waals surface area (Å²) in [5.74, 6) is 0.918. The molecule has 2 unspecified atom stereocenters. The number of alkyl halides is 2. The van der Waals surface area contributed by atoms with Gasteiger partial charge >= 0.3 is 0 Å². The highest BCUT2D eigenvalue weighted by Crippen LogP contribution is 2.31. The van der Waals surface area contributed by atoms with Crippen molar-refractivity contribution in [3.8, 4) is 5.82 Å². The van der Waals surface area contributed by atoms with Crippen LogP contribution in [0.5, 0.6) is 0 Å². The first kappa shape index (κ1) is 24.3. The molecule has 0 bridgehead atoms. The smallest absolute Gasteiger partial charge is 0.296 e. The Morgan fingerprint density at radius 3 is 2.39 bits per heavy atom. The molecule has 2 aliphatic heterocycles. The second-order valence-corrected chi connectivity index (χ2v) is 9.19. The molecular weight excluding hydrogens is 470 g/mol. The van der Waals surface area contributed by atoms with Crippen LogP contribution in [-0.2, 0) is 9.53 Å². The van der Waals surface area contributed by atoms with Gasteiger partial charge in [0.2, 0.25) is 11.9 Å². The number of hydrogen-bond donors (Lipinski definition) is 1. The van der Waals surface area contributed by atoms with Crippen LogP contribution in [0.15, 0.2) is 30.3 Å². The molecule has 2 saturated heterocycles. The quantitative estimate of drug-likeness (QED) is 0.567. The summed E-state index contributed by atoms with van der Waals surface area (Å²) in [4.78, 5) is 32.0. The van der Waals surface area contributed by atoms with Gasteiger partial charge < -0.3 is 25.2 Å². The number of carbonyl (C=O) groups is 1. The van der Waals surface area contributed by atoms with E-state index >= 15 is 0 Å². The largest absolute Gasteiger partial charge is 0.378 e. The number of ether oxygens (including phenoxy) is 1. The van der Waals surface area contributed by atoms with E-state index in [1.165, 1.54) is 4.57 Å². The molecule has 1 aromatic carbocycles. The summed E-state index contributed by atoms with van der Waals surface area (Å²) in [6.45, 7) is 7.22. The van der Waals surface area contributed by atoms with Gasteiger partial charge in [-0.1, -0.05) is 12.1 Å². The number of morpholine rings is 1. The lowest BCUT2D eigenvalue weighted by atomic mass is 10.1. The maximum atomic E-state index is 14.1. The van der Waals surface area contributed by atoms with Gasteiger partial charge in [0.15, 0.2) is 5.82 Å². The van der Waals surface area contributed by atoms with Crippen LogP contribution in [0.4, 0.5) is 20.5 Å². The second-order valence-electron chi connectivity index (χ2n) is 9.19. The van der Waals surface area contributed by atoms with Gasteiger partial charge in [0.1, 0.15) is 11.6 Å². The molecule has 12 heteroatoms. The predicted molar refractivity (Wildman–Crippen MR) is 132 cm³/mol. The Bertz CT molecular complexity index is 1230. The summed E-state index contributed by atoms with van der Waals surface area (Å²) >= 11 is 0. The minimum Gasteiger partial charge on any atom is -0.378 e. The number of aromatic nitrogens is 4. The number of halogens is 2. The summed E-state index contributed by atoms with van der Waals surface area (Å²) < 4.78 is 35.1. The number of rotatable bonds is 5.